The van der Waals surface area contributed by atoms with Crippen molar-refractivity contribution in [2.45, 2.75) is 19.9 Å². The number of carbonyl (C=O) groups excluding carboxylic acids is 2. The van der Waals surface area contributed by atoms with Gasteiger partial charge in [-0.15, -0.1) is 0 Å². The molecule has 1 amide bonds. The van der Waals surface area contributed by atoms with Crippen molar-refractivity contribution in [2.24, 2.45) is 5.92 Å². The standard InChI is InChI=1S/C26H23ClN2O4/c1-16(2)15-33-20-11-9-17(10-12-20)24(30)22-23(21-8-3-4-13-28-21)29(26(32)25(22)31)19-7-5-6-18(27)14-19/h3-14,16,23,30H,15H2,1-2H3/b24-22+. The maximum absolute atomic E-state index is 13.1. The minimum Gasteiger partial charge on any atom is -0.507 e. The molecule has 2 heterocycles. The number of halogens is 1. The second-order valence-electron chi connectivity index (χ2n) is 8.13. The molecule has 6 nitrogen and oxygen atoms in total. The number of pyridine rings is 1. The van der Waals surface area contributed by atoms with Crippen molar-refractivity contribution in [3.63, 3.8) is 0 Å². The number of nitrogens with zero attached hydrogens (tertiary/aromatic N) is 2. The highest BCUT2D eigenvalue weighted by Gasteiger charge is 2.47. The fourth-order valence-electron chi connectivity index (χ4n) is 3.67. The van der Waals surface area contributed by atoms with Gasteiger partial charge in [-0.25, -0.2) is 0 Å². The Balaban J connectivity index is 1.80. The molecule has 1 atom stereocenters. The van der Waals surface area contributed by atoms with E-state index in [1.807, 2.05) is 0 Å². The lowest BCUT2D eigenvalue weighted by Gasteiger charge is -2.24. The summed E-state index contributed by atoms with van der Waals surface area (Å²) < 4.78 is 5.69. The third kappa shape index (κ3) is 4.61. The zero-order valence-electron chi connectivity index (χ0n) is 18.2. The fraction of sp³-hybridized carbons (Fsp3) is 0.192. The van der Waals surface area contributed by atoms with E-state index in [4.69, 9.17) is 16.3 Å². The average Bonchev–Trinajstić information content (AvgIpc) is 3.08. The van der Waals surface area contributed by atoms with Gasteiger partial charge in [0.05, 0.1) is 17.9 Å². The van der Waals surface area contributed by atoms with Crippen molar-refractivity contribution in [2.75, 3.05) is 11.5 Å². The zero-order valence-corrected chi connectivity index (χ0v) is 19.0. The molecular formula is C26H23ClN2O4. The molecule has 1 aliphatic heterocycles. The number of aromatic nitrogens is 1. The molecule has 0 aliphatic carbocycles. The van der Waals surface area contributed by atoms with Gasteiger partial charge in [0.25, 0.3) is 11.7 Å². The summed E-state index contributed by atoms with van der Waals surface area (Å²) in [7, 11) is 0. The van der Waals surface area contributed by atoms with E-state index in [9.17, 15) is 14.7 Å². The van der Waals surface area contributed by atoms with Crippen LogP contribution in [-0.4, -0.2) is 28.4 Å². The van der Waals surface area contributed by atoms with E-state index in [1.54, 1.807) is 72.9 Å². The Labute approximate surface area is 197 Å². The van der Waals surface area contributed by atoms with E-state index in [0.29, 0.717) is 40.2 Å². The molecule has 1 unspecified atom stereocenters. The van der Waals surface area contributed by atoms with E-state index < -0.39 is 17.7 Å². The van der Waals surface area contributed by atoms with E-state index in [1.165, 1.54) is 4.90 Å². The van der Waals surface area contributed by atoms with Crippen LogP contribution >= 0.6 is 11.6 Å². The van der Waals surface area contributed by atoms with Crippen LogP contribution in [0.1, 0.15) is 31.1 Å². The number of hydrogen-bond acceptors (Lipinski definition) is 5. The molecule has 1 N–H and O–H groups in total. The van der Waals surface area contributed by atoms with Crippen molar-refractivity contribution < 1.29 is 19.4 Å². The van der Waals surface area contributed by atoms with Crippen LogP contribution in [0.4, 0.5) is 5.69 Å². The Morgan fingerprint density at radius 1 is 1.09 bits per heavy atom. The number of hydrogen-bond donors (Lipinski definition) is 1. The Morgan fingerprint density at radius 3 is 2.48 bits per heavy atom. The van der Waals surface area contributed by atoms with Gasteiger partial charge in [0.15, 0.2) is 0 Å². The summed E-state index contributed by atoms with van der Waals surface area (Å²) in [6.07, 6.45) is 1.58. The summed E-state index contributed by atoms with van der Waals surface area (Å²) in [4.78, 5) is 31.9. The molecule has 4 rings (SSSR count). The molecule has 1 fully saturated rings. The highest BCUT2D eigenvalue weighted by Crippen LogP contribution is 2.42. The average molecular weight is 463 g/mol. The number of benzene rings is 2. The van der Waals surface area contributed by atoms with Gasteiger partial charge in [-0.1, -0.05) is 37.6 Å². The molecule has 0 bridgehead atoms. The Bertz CT molecular complexity index is 1210. The second-order valence-corrected chi connectivity index (χ2v) is 8.57. The van der Waals surface area contributed by atoms with Crippen LogP contribution in [-0.2, 0) is 9.59 Å². The van der Waals surface area contributed by atoms with Gasteiger partial charge < -0.3 is 9.84 Å². The number of ketones is 1. The Morgan fingerprint density at radius 2 is 1.85 bits per heavy atom. The topological polar surface area (TPSA) is 79.7 Å². The van der Waals surface area contributed by atoms with Crippen LogP contribution in [0.3, 0.4) is 0 Å². The summed E-state index contributed by atoms with van der Waals surface area (Å²) in [5.74, 6) is -0.793. The quantitative estimate of drug-likeness (QED) is 0.301. The lowest BCUT2D eigenvalue weighted by Crippen LogP contribution is -2.29. The van der Waals surface area contributed by atoms with Crippen molar-refractivity contribution in [1.82, 2.24) is 4.98 Å². The van der Waals surface area contributed by atoms with Crippen LogP contribution < -0.4 is 9.64 Å². The van der Waals surface area contributed by atoms with E-state index >= 15 is 0 Å². The van der Waals surface area contributed by atoms with Crippen molar-refractivity contribution in [3.05, 3.63) is 94.8 Å². The summed E-state index contributed by atoms with van der Waals surface area (Å²) in [6, 6.07) is 17.7. The molecule has 2 aromatic carbocycles. The molecule has 1 aromatic heterocycles. The monoisotopic (exact) mass is 462 g/mol. The van der Waals surface area contributed by atoms with Crippen molar-refractivity contribution in [1.29, 1.82) is 0 Å². The van der Waals surface area contributed by atoms with Gasteiger partial charge in [0.2, 0.25) is 0 Å². The summed E-state index contributed by atoms with van der Waals surface area (Å²) >= 11 is 6.14. The maximum atomic E-state index is 13.1. The Hall–Kier alpha value is -3.64. The molecule has 168 valence electrons. The van der Waals surface area contributed by atoms with Gasteiger partial charge in [0, 0.05) is 22.5 Å². The number of carbonyl (C=O) groups is 2. The van der Waals surface area contributed by atoms with E-state index in [0.717, 1.165) is 0 Å². The third-order valence-electron chi connectivity index (χ3n) is 5.21. The molecule has 33 heavy (non-hydrogen) atoms. The molecule has 0 radical (unpaired) electrons. The van der Waals surface area contributed by atoms with Crippen LogP contribution in [0.5, 0.6) is 5.75 Å². The lowest BCUT2D eigenvalue weighted by molar-refractivity contribution is -0.132. The second kappa shape index (κ2) is 9.46. The van der Waals surface area contributed by atoms with Crippen molar-refractivity contribution >= 4 is 34.7 Å². The molecule has 3 aromatic rings. The third-order valence-corrected chi connectivity index (χ3v) is 5.44. The van der Waals surface area contributed by atoms with Gasteiger partial charge in [-0.2, -0.15) is 0 Å². The van der Waals surface area contributed by atoms with Gasteiger partial charge in [0.1, 0.15) is 17.6 Å². The smallest absolute Gasteiger partial charge is 0.300 e. The summed E-state index contributed by atoms with van der Waals surface area (Å²) in [5.41, 5.74) is 1.26. The van der Waals surface area contributed by atoms with Gasteiger partial charge in [-0.3, -0.25) is 19.5 Å². The van der Waals surface area contributed by atoms with Crippen LogP contribution in [0.2, 0.25) is 5.02 Å². The van der Waals surface area contributed by atoms with Crippen molar-refractivity contribution in [3.8, 4) is 5.75 Å². The SMILES string of the molecule is CC(C)COc1ccc(/C(O)=C2\C(=O)C(=O)N(c3cccc(Cl)c3)C2c2ccccn2)cc1. The largest absolute Gasteiger partial charge is 0.507 e. The number of aliphatic hydroxyl groups excluding tert-OH is 1. The zero-order chi connectivity index (χ0) is 23.5. The first-order valence-electron chi connectivity index (χ1n) is 10.6. The number of anilines is 1. The van der Waals surface area contributed by atoms with Gasteiger partial charge >= 0.3 is 0 Å². The van der Waals surface area contributed by atoms with E-state index in [-0.39, 0.29) is 11.3 Å². The molecule has 1 aliphatic rings. The molecular weight excluding hydrogens is 440 g/mol. The normalized spacial score (nSPS) is 17.6. The molecule has 0 spiro atoms. The maximum Gasteiger partial charge on any atom is 0.300 e. The van der Waals surface area contributed by atoms with Crippen LogP contribution in [0, 0.1) is 5.92 Å². The highest BCUT2D eigenvalue weighted by molar-refractivity contribution is 6.51. The first kappa shape index (κ1) is 22.6. The number of ether oxygens (including phenoxy) is 1. The minimum absolute atomic E-state index is 0.0328. The fourth-order valence-corrected chi connectivity index (χ4v) is 3.85. The van der Waals surface area contributed by atoms with Crippen LogP contribution in [0.15, 0.2) is 78.5 Å². The molecule has 7 heteroatoms. The van der Waals surface area contributed by atoms with E-state index in [2.05, 4.69) is 18.8 Å². The lowest BCUT2D eigenvalue weighted by atomic mass is 9.98. The van der Waals surface area contributed by atoms with Gasteiger partial charge in [-0.05, 0) is 60.5 Å². The highest BCUT2D eigenvalue weighted by atomic mass is 35.5. The predicted molar refractivity (Wildman–Crippen MR) is 127 cm³/mol. The molecule has 1 saturated heterocycles. The summed E-state index contributed by atoms with van der Waals surface area (Å²) in [6.45, 7) is 4.67. The first-order chi connectivity index (χ1) is 15.9. The first-order valence-corrected chi connectivity index (χ1v) is 11.0. The number of rotatable bonds is 6. The molecule has 0 saturated carbocycles. The number of aliphatic hydroxyl groups is 1. The predicted octanol–water partition coefficient (Wildman–Crippen LogP) is 5.40. The Kier molecular flexibility index (Phi) is 6.47. The number of Topliss-reactive ketones (excluding diaryl/α,β-unsaturated/α-hetero) is 1. The summed E-state index contributed by atoms with van der Waals surface area (Å²) in [5, 5.41) is 11.6. The number of amides is 1. The van der Waals surface area contributed by atoms with Crippen LogP contribution in [0.25, 0.3) is 5.76 Å². The minimum atomic E-state index is -0.901.